The second-order valence-electron chi connectivity index (χ2n) is 4.90. The van der Waals surface area contributed by atoms with Crippen molar-refractivity contribution in [3.05, 3.63) is 64.9 Å². The molecule has 24 heavy (non-hydrogen) atoms. The second-order valence-corrected chi connectivity index (χ2v) is 5.81. The predicted octanol–water partition coefficient (Wildman–Crippen LogP) is 2.65. The lowest BCUT2D eigenvalue weighted by atomic mass is 10.3. The van der Waals surface area contributed by atoms with Crippen molar-refractivity contribution in [2.24, 2.45) is 0 Å². The second kappa shape index (κ2) is 7.69. The number of hydrogen-bond donors (Lipinski definition) is 1. The Morgan fingerprint density at radius 3 is 2.79 bits per heavy atom. The van der Waals surface area contributed by atoms with Crippen LogP contribution in [-0.2, 0) is 17.9 Å². The number of para-hydroxylation sites is 1. The smallest absolute Gasteiger partial charge is 0.248 e. The van der Waals surface area contributed by atoms with Crippen LogP contribution in [0.2, 0.25) is 0 Å². The third-order valence-corrected chi connectivity index (χ3v) is 3.49. The summed E-state index contributed by atoms with van der Waals surface area (Å²) in [4.78, 5) is 13.2. The molecule has 1 aromatic heterocycles. The third kappa shape index (κ3) is 4.63. The quantitative estimate of drug-likeness (QED) is 0.702. The number of ether oxygens (including phenoxy) is 1. The number of nitrogens with one attached hydrogen (secondary N) is 1. The number of benzene rings is 2. The Morgan fingerprint density at radius 2 is 2.00 bits per heavy atom. The van der Waals surface area contributed by atoms with E-state index in [1.165, 1.54) is 4.80 Å². The lowest BCUT2D eigenvalue weighted by molar-refractivity contribution is -0.117. The van der Waals surface area contributed by atoms with E-state index in [2.05, 4.69) is 36.7 Å². The molecule has 0 aliphatic rings. The molecule has 0 saturated heterocycles. The lowest BCUT2D eigenvalue weighted by Crippen LogP contribution is -2.20. The van der Waals surface area contributed by atoms with Crippen LogP contribution in [0.15, 0.2) is 59.1 Å². The van der Waals surface area contributed by atoms with E-state index in [1.54, 1.807) is 6.07 Å². The fourth-order valence-corrected chi connectivity index (χ4v) is 2.36. The summed E-state index contributed by atoms with van der Waals surface area (Å²) in [7, 11) is 0. The van der Waals surface area contributed by atoms with Crippen LogP contribution in [0, 0.1) is 0 Å². The van der Waals surface area contributed by atoms with Crippen molar-refractivity contribution < 1.29 is 9.53 Å². The summed E-state index contributed by atoms with van der Waals surface area (Å²) < 4.78 is 6.42. The summed E-state index contributed by atoms with van der Waals surface area (Å²) in [6.07, 6.45) is 0. The molecule has 1 N–H and O–H groups in total. The summed E-state index contributed by atoms with van der Waals surface area (Å²) in [6.45, 7) is 0.169. The maximum Gasteiger partial charge on any atom is 0.248 e. The van der Waals surface area contributed by atoms with Crippen LogP contribution in [-0.4, -0.2) is 26.1 Å². The molecule has 0 atom stereocenters. The van der Waals surface area contributed by atoms with Crippen LogP contribution in [0.1, 0.15) is 5.82 Å². The first-order valence-electron chi connectivity index (χ1n) is 7.19. The van der Waals surface area contributed by atoms with Crippen LogP contribution >= 0.6 is 15.9 Å². The van der Waals surface area contributed by atoms with Gasteiger partial charge in [0.2, 0.25) is 11.7 Å². The van der Waals surface area contributed by atoms with Gasteiger partial charge in [-0.1, -0.05) is 40.2 Å². The molecule has 122 valence electrons. The molecule has 1 amide bonds. The van der Waals surface area contributed by atoms with Gasteiger partial charge in [-0.05, 0) is 35.5 Å². The first kappa shape index (κ1) is 16.1. The van der Waals surface area contributed by atoms with Gasteiger partial charge in [0, 0.05) is 10.2 Å². The molecule has 0 saturated carbocycles. The number of tetrazole rings is 1. The summed E-state index contributed by atoms with van der Waals surface area (Å²) in [5.41, 5.74) is 0.696. The number of aromatic nitrogens is 4. The van der Waals surface area contributed by atoms with Gasteiger partial charge in [-0.25, -0.2) is 0 Å². The zero-order valence-electron chi connectivity index (χ0n) is 12.6. The molecule has 0 aliphatic carbocycles. The van der Waals surface area contributed by atoms with E-state index in [0.717, 1.165) is 10.2 Å². The maximum absolute atomic E-state index is 12.0. The van der Waals surface area contributed by atoms with E-state index in [9.17, 15) is 4.79 Å². The van der Waals surface area contributed by atoms with Gasteiger partial charge >= 0.3 is 0 Å². The first-order chi connectivity index (χ1) is 11.7. The summed E-state index contributed by atoms with van der Waals surface area (Å²) in [6, 6.07) is 16.7. The molecule has 3 aromatic rings. The number of anilines is 1. The zero-order chi connectivity index (χ0) is 16.8. The number of carbonyl (C=O) groups excluding carboxylic acids is 1. The minimum atomic E-state index is -0.235. The maximum atomic E-state index is 12.0. The van der Waals surface area contributed by atoms with E-state index < -0.39 is 0 Å². The normalized spacial score (nSPS) is 10.4. The van der Waals surface area contributed by atoms with E-state index in [1.807, 2.05) is 48.5 Å². The summed E-state index contributed by atoms with van der Waals surface area (Å²) >= 11 is 3.35. The van der Waals surface area contributed by atoms with Crippen LogP contribution in [0.5, 0.6) is 5.75 Å². The standard InChI is InChI=1S/C16H14BrN5O2/c17-12-5-4-6-13(9-12)18-16(23)10-22-20-15(19-21-22)11-24-14-7-2-1-3-8-14/h1-9H,10-11H2,(H,18,23). The number of carbonyl (C=O) groups is 1. The third-order valence-electron chi connectivity index (χ3n) is 3.00. The minimum absolute atomic E-state index is 0.0230. The molecule has 8 heteroatoms. The van der Waals surface area contributed by atoms with Gasteiger partial charge in [-0.2, -0.15) is 4.80 Å². The molecule has 0 bridgehead atoms. The highest BCUT2D eigenvalue weighted by atomic mass is 79.9. The molecule has 7 nitrogen and oxygen atoms in total. The molecule has 2 aromatic carbocycles. The summed E-state index contributed by atoms with van der Waals surface area (Å²) in [5, 5.41) is 14.6. The molecule has 0 unspecified atom stereocenters. The molecule has 0 radical (unpaired) electrons. The molecule has 1 heterocycles. The number of nitrogens with zero attached hydrogens (tertiary/aromatic N) is 4. The van der Waals surface area contributed by atoms with Gasteiger partial charge in [-0.3, -0.25) is 4.79 Å². The van der Waals surface area contributed by atoms with Crippen molar-refractivity contribution in [1.82, 2.24) is 20.2 Å². The number of amides is 1. The number of halogens is 1. The highest BCUT2D eigenvalue weighted by Gasteiger charge is 2.09. The van der Waals surface area contributed by atoms with Gasteiger partial charge < -0.3 is 10.1 Å². The minimum Gasteiger partial charge on any atom is -0.485 e. The predicted molar refractivity (Wildman–Crippen MR) is 91.4 cm³/mol. The number of rotatable bonds is 6. The van der Waals surface area contributed by atoms with Gasteiger partial charge in [0.05, 0.1) is 0 Å². The fourth-order valence-electron chi connectivity index (χ4n) is 1.96. The van der Waals surface area contributed by atoms with E-state index in [-0.39, 0.29) is 19.1 Å². The zero-order valence-corrected chi connectivity index (χ0v) is 14.2. The monoisotopic (exact) mass is 387 g/mol. The highest BCUT2D eigenvalue weighted by Crippen LogP contribution is 2.15. The van der Waals surface area contributed by atoms with Crippen LogP contribution in [0.25, 0.3) is 0 Å². The van der Waals surface area contributed by atoms with Crippen LogP contribution in [0.3, 0.4) is 0 Å². The largest absolute Gasteiger partial charge is 0.485 e. The van der Waals surface area contributed by atoms with E-state index in [4.69, 9.17) is 4.74 Å². The van der Waals surface area contributed by atoms with Crippen molar-refractivity contribution >= 4 is 27.5 Å². The van der Waals surface area contributed by atoms with Gasteiger partial charge in [-0.15, -0.1) is 10.2 Å². The van der Waals surface area contributed by atoms with Crippen molar-refractivity contribution in [3.63, 3.8) is 0 Å². The first-order valence-corrected chi connectivity index (χ1v) is 7.98. The molecular formula is C16H14BrN5O2. The Morgan fingerprint density at radius 1 is 1.17 bits per heavy atom. The highest BCUT2D eigenvalue weighted by molar-refractivity contribution is 9.10. The average Bonchev–Trinajstić information content (AvgIpc) is 3.01. The van der Waals surface area contributed by atoms with E-state index >= 15 is 0 Å². The summed E-state index contributed by atoms with van der Waals surface area (Å²) in [5.74, 6) is 0.899. The Bertz CT molecular complexity index is 822. The lowest BCUT2D eigenvalue weighted by Gasteiger charge is -2.04. The average molecular weight is 388 g/mol. The molecule has 3 rings (SSSR count). The fraction of sp³-hybridized carbons (Fsp3) is 0.125. The Hall–Kier alpha value is -2.74. The Kier molecular flexibility index (Phi) is 5.17. The van der Waals surface area contributed by atoms with E-state index in [0.29, 0.717) is 11.5 Å². The van der Waals surface area contributed by atoms with Crippen molar-refractivity contribution in [2.45, 2.75) is 13.2 Å². The SMILES string of the molecule is O=C(Cn1nnc(COc2ccccc2)n1)Nc1cccc(Br)c1. The molecule has 0 aliphatic heterocycles. The van der Waals surface area contributed by atoms with Crippen LogP contribution < -0.4 is 10.1 Å². The van der Waals surface area contributed by atoms with Gasteiger partial charge in [0.15, 0.2) is 6.61 Å². The molecule has 0 fully saturated rings. The van der Waals surface area contributed by atoms with Gasteiger partial charge in [0.25, 0.3) is 0 Å². The molecular weight excluding hydrogens is 374 g/mol. The van der Waals surface area contributed by atoms with Gasteiger partial charge in [0.1, 0.15) is 12.3 Å². The van der Waals surface area contributed by atoms with Crippen molar-refractivity contribution in [3.8, 4) is 5.75 Å². The molecule has 0 spiro atoms. The number of hydrogen-bond acceptors (Lipinski definition) is 5. The topological polar surface area (TPSA) is 81.9 Å². The van der Waals surface area contributed by atoms with Crippen molar-refractivity contribution in [1.29, 1.82) is 0 Å². The Labute approximate surface area is 146 Å². The van der Waals surface area contributed by atoms with Crippen molar-refractivity contribution in [2.75, 3.05) is 5.32 Å². The Balaban J connectivity index is 1.53. The van der Waals surface area contributed by atoms with Crippen LogP contribution in [0.4, 0.5) is 5.69 Å².